The molecule has 0 aliphatic carbocycles. The van der Waals surface area contributed by atoms with Crippen molar-refractivity contribution < 1.29 is 17.6 Å². The maximum Gasteiger partial charge on any atom is 0.226 e. The van der Waals surface area contributed by atoms with E-state index in [2.05, 4.69) is 15.0 Å². The molecule has 0 unspecified atom stereocenters. The van der Waals surface area contributed by atoms with Crippen LogP contribution in [-0.4, -0.2) is 25.4 Å². The van der Waals surface area contributed by atoms with E-state index in [0.717, 1.165) is 5.56 Å². The highest BCUT2D eigenvalue weighted by atomic mass is 32.2. The van der Waals surface area contributed by atoms with Gasteiger partial charge in [0.05, 0.1) is 17.9 Å². The van der Waals surface area contributed by atoms with Crippen molar-refractivity contribution in [3.63, 3.8) is 0 Å². The molecule has 6 nitrogen and oxygen atoms in total. The summed E-state index contributed by atoms with van der Waals surface area (Å²) in [5.41, 5.74) is 2.85. The second kappa shape index (κ2) is 10.1. The summed E-state index contributed by atoms with van der Waals surface area (Å²) >= 11 is 1.37. The normalized spacial score (nSPS) is 11.6. The molecule has 1 amide bonds. The Morgan fingerprint density at radius 1 is 1.13 bits per heavy atom. The molecule has 2 aromatic carbocycles. The fraction of sp³-hybridized carbons (Fsp3) is 0.273. The maximum absolute atomic E-state index is 13.4. The summed E-state index contributed by atoms with van der Waals surface area (Å²) in [6.07, 6.45) is 0.128. The van der Waals surface area contributed by atoms with Crippen LogP contribution in [0.25, 0.3) is 10.6 Å². The first-order valence-electron chi connectivity index (χ1n) is 9.75. The van der Waals surface area contributed by atoms with Crippen LogP contribution in [0.5, 0.6) is 0 Å². The van der Waals surface area contributed by atoms with Gasteiger partial charge >= 0.3 is 0 Å². The Morgan fingerprint density at radius 2 is 1.84 bits per heavy atom. The van der Waals surface area contributed by atoms with Crippen molar-refractivity contribution in [2.45, 2.75) is 38.6 Å². The second-order valence-electron chi connectivity index (χ2n) is 7.46. The highest BCUT2D eigenvalue weighted by Gasteiger charge is 2.13. The van der Waals surface area contributed by atoms with Crippen molar-refractivity contribution in [3.05, 3.63) is 76.5 Å². The van der Waals surface area contributed by atoms with Gasteiger partial charge in [-0.3, -0.25) is 4.79 Å². The molecule has 0 fully saturated rings. The lowest BCUT2D eigenvalue weighted by Crippen LogP contribution is -2.31. The number of carbonyl (C=O) groups is 1. The molecule has 31 heavy (non-hydrogen) atoms. The number of carbonyl (C=O) groups excluding carboxylic acids is 1. The van der Waals surface area contributed by atoms with Crippen molar-refractivity contribution >= 4 is 27.3 Å². The van der Waals surface area contributed by atoms with Crippen LogP contribution in [0.2, 0.25) is 0 Å². The lowest BCUT2D eigenvalue weighted by molar-refractivity contribution is -0.120. The summed E-state index contributed by atoms with van der Waals surface area (Å²) in [7, 11) is -3.37. The van der Waals surface area contributed by atoms with Crippen molar-refractivity contribution in [1.82, 2.24) is 15.0 Å². The van der Waals surface area contributed by atoms with Gasteiger partial charge < -0.3 is 5.32 Å². The third-order valence-corrected chi connectivity index (χ3v) is 6.73. The van der Waals surface area contributed by atoms with Crippen LogP contribution in [0.1, 0.15) is 30.7 Å². The van der Waals surface area contributed by atoms with Gasteiger partial charge in [-0.2, -0.15) is 0 Å². The van der Waals surface area contributed by atoms with E-state index in [9.17, 15) is 17.6 Å². The predicted molar refractivity (Wildman–Crippen MR) is 120 cm³/mol. The smallest absolute Gasteiger partial charge is 0.226 e. The molecule has 0 aliphatic rings. The third-order valence-electron chi connectivity index (χ3n) is 4.25. The number of amides is 1. The Hall–Kier alpha value is -2.62. The highest BCUT2D eigenvalue weighted by Crippen LogP contribution is 2.24. The van der Waals surface area contributed by atoms with E-state index in [0.29, 0.717) is 28.4 Å². The van der Waals surface area contributed by atoms with E-state index in [1.807, 2.05) is 0 Å². The van der Waals surface area contributed by atoms with Crippen LogP contribution in [0.15, 0.2) is 53.9 Å². The summed E-state index contributed by atoms with van der Waals surface area (Å²) in [5.74, 6) is -0.592. The molecule has 0 aliphatic heterocycles. The first-order valence-corrected chi connectivity index (χ1v) is 12.3. The zero-order valence-electron chi connectivity index (χ0n) is 17.3. The SMILES string of the molecule is CC(C)NS(=O)(=O)Cc1ccc(CNC(=O)Cc2csc(-c3cccc(F)c3)n2)cc1. The van der Waals surface area contributed by atoms with E-state index in [1.165, 1.54) is 23.5 Å². The summed E-state index contributed by atoms with van der Waals surface area (Å²) in [6, 6.07) is 13.1. The van der Waals surface area contributed by atoms with E-state index in [1.54, 1.807) is 55.6 Å². The Bertz CT molecular complexity index is 1140. The van der Waals surface area contributed by atoms with Crippen molar-refractivity contribution in [1.29, 1.82) is 0 Å². The zero-order valence-corrected chi connectivity index (χ0v) is 18.9. The Morgan fingerprint density at radius 3 is 2.52 bits per heavy atom. The van der Waals surface area contributed by atoms with Crippen molar-refractivity contribution in [2.75, 3.05) is 0 Å². The van der Waals surface area contributed by atoms with Crippen LogP contribution in [-0.2, 0) is 33.5 Å². The fourth-order valence-electron chi connectivity index (χ4n) is 2.94. The minimum absolute atomic E-state index is 0.0880. The molecule has 0 spiro atoms. The summed E-state index contributed by atoms with van der Waals surface area (Å²) < 4.78 is 39.9. The summed E-state index contributed by atoms with van der Waals surface area (Å²) in [4.78, 5) is 16.7. The first-order chi connectivity index (χ1) is 14.7. The molecule has 0 saturated carbocycles. The van der Waals surface area contributed by atoms with E-state index in [-0.39, 0.29) is 29.9 Å². The average Bonchev–Trinajstić information content (AvgIpc) is 3.14. The maximum atomic E-state index is 13.4. The lowest BCUT2D eigenvalue weighted by atomic mass is 10.1. The Labute approximate surface area is 185 Å². The Balaban J connectivity index is 1.51. The molecule has 2 N–H and O–H groups in total. The molecule has 0 radical (unpaired) electrons. The van der Waals surface area contributed by atoms with Gasteiger partial charge in [-0.25, -0.2) is 22.5 Å². The summed E-state index contributed by atoms with van der Waals surface area (Å²) in [6.45, 7) is 3.88. The van der Waals surface area contributed by atoms with Gasteiger partial charge in [-0.15, -0.1) is 11.3 Å². The van der Waals surface area contributed by atoms with Crippen LogP contribution in [0.4, 0.5) is 4.39 Å². The summed E-state index contributed by atoms with van der Waals surface area (Å²) in [5, 5.41) is 5.29. The number of sulfonamides is 1. The molecule has 0 atom stereocenters. The largest absolute Gasteiger partial charge is 0.352 e. The molecule has 3 rings (SSSR count). The van der Waals surface area contributed by atoms with E-state index >= 15 is 0 Å². The van der Waals surface area contributed by atoms with Gasteiger partial charge in [0, 0.05) is 23.5 Å². The molecule has 0 bridgehead atoms. The number of hydrogen-bond donors (Lipinski definition) is 2. The highest BCUT2D eigenvalue weighted by molar-refractivity contribution is 7.88. The molecule has 3 aromatic rings. The molecule has 0 saturated heterocycles. The van der Waals surface area contributed by atoms with Gasteiger partial charge in [-0.1, -0.05) is 36.4 Å². The first kappa shape index (κ1) is 23.1. The number of rotatable bonds is 9. The number of aromatic nitrogens is 1. The van der Waals surface area contributed by atoms with Gasteiger partial charge in [0.1, 0.15) is 10.8 Å². The molecule has 9 heteroatoms. The van der Waals surface area contributed by atoms with Crippen molar-refractivity contribution in [2.24, 2.45) is 0 Å². The van der Waals surface area contributed by atoms with Crippen LogP contribution < -0.4 is 10.0 Å². The quantitative estimate of drug-likeness (QED) is 0.509. The zero-order chi connectivity index (χ0) is 22.4. The van der Waals surface area contributed by atoms with Gasteiger partial charge in [0.2, 0.25) is 15.9 Å². The average molecular weight is 462 g/mol. The standard InChI is InChI=1S/C22H24FN3O3S2/c1-15(2)26-31(28,29)14-17-8-6-16(7-9-17)12-24-21(27)11-20-13-30-22(25-20)18-4-3-5-19(23)10-18/h3-10,13,15,26H,11-12,14H2,1-2H3,(H,24,27). The number of nitrogens with zero attached hydrogens (tertiary/aromatic N) is 1. The van der Waals surface area contributed by atoms with Gasteiger partial charge in [-0.05, 0) is 37.1 Å². The van der Waals surface area contributed by atoms with E-state index in [4.69, 9.17) is 0 Å². The van der Waals surface area contributed by atoms with Gasteiger partial charge in [0.25, 0.3) is 0 Å². The lowest BCUT2D eigenvalue weighted by Gasteiger charge is -2.10. The Kier molecular flexibility index (Phi) is 7.53. The third kappa shape index (κ3) is 7.23. The number of halogens is 1. The van der Waals surface area contributed by atoms with Crippen molar-refractivity contribution in [3.8, 4) is 10.6 Å². The van der Waals surface area contributed by atoms with Crippen LogP contribution in [0, 0.1) is 5.82 Å². The molecule has 1 heterocycles. The van der Waals surface area contributed by atoms with Gasteiger partial charge in [0.15, 0.2) is 0 Å². The fourth-order valence-corrected chi connectivity index (χ4v) is 5.19. The molecule has 164 valence electrons. The van der Waals surface area contributed by atoms with E-state index < -0.39 is 10.0 Å². The molecular weight excluding hydrogens is 437 g/mol. The predicted octanol–water partition coefficient (Wildman–Crippen LogP) is 3.64. The monoisotopic (exact) mass is 461 g/mol. The molecular formula is C22H24FN3O3S2. The topological polar surface area (TPSA) is 88.2 Å². The minimum atomic E-state index is -3.37. The van der Waals surface area contributed by atoms with Crippen LogP contribution >= 0.6 is 11.3 Å². The number of thiazole rings is 1. The number of nitrogens with one attached hydrogen (secondary N) is 2. The number of benzene rings is 2. The molecule has 1 aromatic heterocycles. The second-order valence-corrected chi connectivity index (χ2v) is 10.1. The minimum Gasteiger partial charge on any atom is -0.352 e. The number of hydrogen-bond acceptors (Lipinski definition) is 5. The van der Waals surface area contributed by atoms with Crippen LogP contribution in [0.3, 0.4) is 0 Å².